The number of rotatable bonds is 4. The highest BCUT2D eigenvalue weighted by molar-refractivity contribution is 5.94. The highest BCUT2D eigenvalue weighted by Gasteiger charge is 2.28. The minimum absolute atomic E-state index is 0.118. The van der Waals surface area contributed by atoms with Crippen molar-refractivity contribution < 1.29 is 14.3 Å². The van der Waals surface area contributed by atoms with Crippen LogP contribution in [0.2, 0.25) is 0 Å². The number of carbonyl (C=O) groups excluding carboxylic acids is 1. The Balaban J connectivity index is 2.04. The molecule has 1 amide bonds. The molecule has 4 N–H and O–H groups in total. The van der Waals surface area contributed by atoms with E-state index < -0.39 is 0 Å². The van der Waals surface area contributed by atoms with Crippen LogP contribution < -0.4 is 11.3 Å². The fraction of sp³-hybridized carbons (Fsp3) is 0.615. The standard InChI is InChI=1S/C13H21N3O3/c1-16(10-4-2-3-5-11(10)17)8-12-9(6-7-19-12)13(18)15-14/h6-7,10-11,17H,2-5,8,14H2,1H3,(H,15,18). The van der Waals surface area contributed by atoms with E-state index in [2.05, 4.69) is 5.43 Å². The molecule has 1 aliphatic carbocycles. The van der Waals surface area contributed by atoms with Crippen LogP contribution in [0.3, 0.4) is 0 Å². The van der Waals surface area contributed by atoms with Crippen LogP contribution in [-0.4, -0.2) is 35.1 Å². The molecule has 6 nitrogen and oxygen atoms in total. The second kappa shape index (κ2) is 6.18. The van der Waals surface area contributed by atoms with Crippen LogP contribution in [0, 0.1) is 0 Å². The topological polar surface area (TPSA) is 91.7 Å². The molecule has 0 spiro atoms. The van der Waals surface area contributed by atoms with Gasteiger partial charge in [0.2, 0.25) is 0 Å². The summed E-state index contributed by atoms with van der Waals surface area (Å²) < 4.78 is 5.34. The van der Waals surface area contributed by atoms with Crippen molar-refractivity contribution in [3.05, 3.63) is 23.7 Å². The maximum absolute atomic E-state index is 11.6. The second-order valence-electron chi connectivity index (χ2n) is 5.07. The molecule has 2 atom stereocenters. The summed E-state index contributed by atoms with van der Waals surface area (Å²) in [5.74, 6) is 5.35. The molecule has 6 heteroatoms. The summed E-state index contributed by atoms with van der Waals surface area (Å²) in [7, 11) is 1.94. The van der Waals surface area contributed by atoms with Crippen molar-refractivity contribution in [1.29, 1.82) is 0 Å². The van der Waals surface area contributed by atoms with Crippen molar-refractivity contribution in [2.24, 2.45) is 5.84 Å². The molecule has 1 aromatic heterocycles. The number of aliphatic hydroxyl groups is 1. The van der Waals surface area contributed by atoms with E-state index in [0.29, 0.717) is 17.9 Å². The predicted molar refractivity (Wildman–Crippen MR) is 70.1 cm³/mol. The molecular formula is C13H21N3O3. The van der Waals surface area contributed by atoms with Gasteiger partial charge in [0.25, 0.3) is 5.91 Å². The maximum atomic E-state index is 11.6. The highest BCUT2D eigenvalue weighted by Crippen LogP contribution is 2.24. The largest absolute Gasteiger partial charge is 0.467 e. The van der Waals surface area contributed by atoms with Crippen LogP contribution in [-0.2, 0) is 6.54 Å². The number of furan rings is 1. The van der Waals surface area contributed by atoms with E-state index in [1.165, 1.54) is 6.26 Å². The third kappa shape index (κ3) is 3.15. The summed E-state index contributed by atoms with van der Waals surface area (Å²) in [6, 6.07) is 1.72. The van der Waals surface area contributed by atoms with E-state index in [4.69, 9.17) is 10.3 Å². The summed E-state index contributed by atoms with van der Waals surface area (Å²) in [4.78, 5) is 13.6. The molecular weight excluding hydrogens is 246 g/mol. The van der Waals surface area contributed by atoms with Gasteiger partial charge in [-0.25, -0.2) is 5.84 Å². The van der Waals surface area contributed by atoms with Gasteiger partial charge in [-0.3, -0.25) is 15.1 Å². The van der Waals surface area contributed by atoms with Gasteiger partial charge in [0.05, 0.1) is 24.5 Å². The quantitative estimate of drug-likeness (QED) is 0.422. The molecule has 1 saturated carbocycles. The van der Waals surface area contributed by atoms with E-state index in [0.717, 1.165) is 25.7 Å². The van der Waals surface area contributed by atoms with Crippen LogP contribution in [0.4, 0.5) is 0 Å². The summed E-state index contributed by atoms with van der Waals surface area (Å²) in [6.07, 6.45) is 5.18. The minimum atomic E-state index is -0.360. The average molecular weight is 267 g/mol. The van der Waals surface area contributed by atoms with Crippen LogP contribution >= 0.6 is 0 Å². The lowest BCUT2D eigenvalue weighted by Gasteiger charge is -2.34. The molecule has 0 aliphatic heterocycles. The summed E-state index contributed by atoms with van der Waals surface area (Å²) in [5, 5.41) is 10.0. The van der Waals surface area contributed by atoms with Crippen molar-refractivity contribution in [1.82, 2.24) is 10.3 Å². The number of carbonyl (C=O) groups is 1. The third-order valence-electron chi connectivity index (χ3n) is 3.77. The lowest BCUT2D eigenvalue weighted by molar-refractivity contribution is 0.0261. The molecule has 1 aliphatic rings. The minimum Gasteiger partial charge on any atom is -0.467 e. The lowest BCUT2D eigenvalue weighted by atomic mass is 9.91. The van der Waals surface area contributed by atoms with Gasteiger partial charge in [-0.15, -0.1) is 0 Å². The first-order valence-corrected chi connectivity index (χ1v) is 6.59. The zero-order valence-corrected chi connectivity index (χ0v) is 11.1. The number of nitrogen functional groups attached to an aromatic ring is 1. The van der Waals surface area contributed by atoms with Crippen molar-refractivity contribution >= 4 is 5.91 Å². The smallest absolute Gasteiger partial charge is 0.268 e. The number of aliphatic hydroxyl groups excluding tert-OH is 1. The number of hydrogen-bond acceptors (Lipinski definition) is 5. The van der Waals surface area contributed by atoms with Crippen LogP contribution in [0.1, 0.15) is 41.8 Å². The number of nitrogens with zero attached hydrogens (tertiary/aromatic N) is 1. The summed E-state index contributed by atoms with van der Waals surface area (Å²) in [6.45, 7) is 0.484. The fourth-order valence-corrected chi connectivity index (χ4v) is 2.69. The number of likely N-dealkylation sites (N-methyl/N-ethyl adjacent to an activating group) is 1. The summed E-state index contributed by atoms with van der Waals surface area (Å²) in [5.41, 5.74) is 2.55. The number of hydrogen-bond donors (Lipinski definition) is 3. The first-order valence-electron chi connectivity index (χ1n) is 6.59. The van der Waals surface area contributed by atoms with Crippen molar-refractivity contribution in [2.75, 3.05) is 7.05 Å². The van der Waals surface area contributed by atoms with Crippen molar-refractivity contribution in [2.45, 2.75) is 44.4 Å². The molecule has 0 saturated heterocycles. The number of nitrogens with one attached hydrogen (secondary N) is 1. The Morgan fingerprint density at radius 2 is 2.32 bits per heavy atom. The Morgan fingerprint density at radius 1 is 1.58 bits per heavy atom. The third-order valence-corrected chi connectivity index (χ3v) is 3.77. The van der Waals surface area contributed by atoms with E-state index in [1.807, 2.05) is 11.9 Å². The molecule has 2 rings (SSSR count). The van der Waals surface area contributed by atoms with Gasteiger partial charge in [-0.05, 0) is 26.0 Å². The van der Waals surface area contributed by atoms with Crippen molar-refractivity contribution in [3.8, 4) is 0 Å². The molecule has 106 valence electrons. The van der Waals surface area contributed by atoms with Crippen LogP contribution in [0.25, 0.3) is 0 Å². The van der Waals surface area contributed by atoms with E-state index in [-0.39, 0.29) is 18.1 Å². The highest BCUT2D eigenvalue weighted by atomic mass is 16.3. The average Bonchev–Trinajstić information content (AvgIpc) is 2.86. The zero-order valence-electron chi connectivity index (χ0n) is 11.1. The van der Waals surface area contributed by atoms with Gasteiger partial charge < -0.3 is 9.52 Å². The van der Waals surface area contributed by atoms with Gasteiger partial charge in [-0.2, -0.15) is 0 Å². The van der Waals surface area contributed by atoms with Gasteiger partial charge in [-0.1, -0.05) is 12.8 Å². The second-order valence-corrected chi connectivity index (χ2v) is 5.07. The molecule has 1 heterocycles. The number of hydrazine groups is 1. The van der Waals surface area contributed by atoms with Gasteiger partial charge in [0.15, 0.2) is 0 Å². The molecule has 1 fully saturated rings. The maximum Gasteiger partial charge on any atom is 0.268 e. The first-order chi connectivity index (χ1) is 9.13. The Labute approximate surface area is 112 Å². The molecule has 0 aromatic carbocycles. The van der Waals surface area contributed by atoms with Gasteiger partial charge >= 0.3 is 0 Å². The van der Waals surface area contributed by atoms with E-state index in [1.54, 1.807) is 6.07 Å². The van der Waals surface area contributed by atoms with Gasteiger partial charge in [0, 0.05) is 6.04 Å². The molecule has 0 bridgehead atoms. The molecule has 2 unspecified atom stereocenters. The Hall–Kier alpha value is -1.37. The predicted octanol–water partition coefficient (Wildman–Crippen LogP) is 0.618. The normalized spacial score (nSPS) is 23.6. The van der Waals surface area contributed by atoms with E-state index in [9.17, 15) is 9.90 Å². The number of amides is 1. The Morgan fingerprint density at radius 3 is 3.00 bits per heavy atom. The first kappa shape index (κ1) is 14.0. The number of nitrogens with two attached hydrogens (primary N) is 1. The van der Waals surface area contributed by atoms with Crippen LogP contribution in [0.5, 0.6) is 0 Å². The Kier molecular flexibility index (Phi) is 4.57. The zero-order chi connectivity index (χ0) is 13.8. The summed E-state index contributed by atoms with van der Waals surface area (Å²) >= 11 is 0. The van der Waals surface area contributed by atoms with E-state index >= 15 is 0 Å². The molecule has 1 aromatic rings. The fourth-order valence-electron chi connectivity index (χ4n) is 2.69. The monoisotopic (exact) mass is 267 g/mol. The molecule has 19 heavy (non-hydrogen) atoms. The Bertz CT molecular complexity index is 433. The van der Waals surface area contributed by atoms with Gasteiger partial charge in [0.1, 0.15) is 5.76 Å². The SMILES string of the molecule is CN(Cc1occc1C(=O)NN)C1CCCCC1O. The molecule has 0 radical (unpaired) electrons. The lowest BCUT2D eigenvalue weighted by Crippen LogP contribution is -2.43. The van der Waals surface area contributed by atoms with Crippen molar-refractivity contribution in [3.63, 3.8) is 0 Å². The van der Waals surface area contributed by atoms with Crippen LogP contribution in [0.15, 0.2) is 16.7 Å².